The highest BCUT2D eigenvalue weighted by atomic mass is 35.5. The minimum Gasteiger partial charge on any atom is -0.289 e. The Morgan fingerprint density at radius 2 is 2.00 bits per heavy atom. The van der Waals surface area contributed by atoms with Gasteiger partial charge in [0.25, 0.3) is 0 Å². The van der Waals surface area contributed by atoms with Gasteiger partial charge in [0.2, 0.25) is 0 Å². The van der Waals surface area contributed by atoms with E-state index in [9.17, 15) is 4.79 Å². The van der Waals surface area contributed by atoms with Crippen molar-refractivity contribution >= 4 is 17.4 Å². The fourth-order valence-corrected chi connectivity index (χ4v) is 1.61. The summed E-state index contributed by atoms with van der Waals surface area (Å²) in [5, 5.41) is 0.641. The molecule has 0 amide bonds. The molecule has 2 heteroatoms. The molecule has 0 radical (unpaired) electrons. The molecule has 0 heterocycles. The molecule has 0 N–H and O–H groups in total. The molecule has 1 aliphatic carbocycles. The maximum atomic E-state index is 11.7. The largest absolute Gasteiger partial charge is 0.289 e. The Labute approximate surface area is 99.7 Å². The molecule has 1 aromatic rings. The third kappa shape index (κ3) is 2.71. The van der Waals surface area contributed by atoms with Crippen molar-refractivity contribution in [3.05, 3.63) is 70.8 Å². The average molecular weight is 231 g/mol. The summed E-state index contributed by atoms with van der Waals surface area (Å²) in [6, 6.07) is 6.90. The van der Waals surface area contributed by atoms with Crippen LogP contribution in [0.1, 0.15) is 16.8 Å². The summed E-state index contributed by atoms with van der Waals surface area (Å²) in [7, 11) is 0. The van der Waals surface area contributed by atoms with E-state index in [1.165, 1.54) is 0 Å². The second-order valence-electron chi connectivity index (χ2n) is 3.55. The van der Waals surface area contributed by atoms with E-state index in [0.29, 0.717) is 10.6 Å². The molecular weight excluding hydrogens is 220 g/mol. The number of allylic oxidation sites excluding steroid dienone is 6. The molecule has 0 fully saturated rings. The monoisotopic (exact) mass is 230 g/mol. The van der Waals surface area contributed by atoms with Gasteiger partial charge in [-0.05, 0) is 42.3 Å². The van der Waals surface area contributed by atoms with E-state index in [0.717, 1.165) is 12.0 Å². The fraction of sp³-hybridized carbons (Fsp3) is 0.0714. The van der Waals surface area contributed by atoms with Crippen LogP contribution < -0.4 is 0 Å². The van der Waals surface area contributed by atoms with Gasteiger partial charge in [0.1, 0.15) is 0 Å². The summed E-state index contributed by atoms with van der Waals surface area (Å²) in [6.07, 6.45) is 10.5. The van der Waals surface area contributed by atoms with Gasteiger partial charge < -0.3 is 0 Å². The summed E-state index contributed by atoms with van der Waals surface area (Å²) in [5.74, 6) is -0.00198. The van der Waals surface area contributed by atoms with Crippen molar-refractivity contribution in [2.24, 2.45) is 0 Å². The second kappa shape index (κ2) is 4.95. The third-order valence-electron chi connectivity index (χ3n) is 2.36. The predicted octanol–water partition coefficient (Wildman–Crippen LogP) is 3.97. The van der Waals surface area contributed by atoms with Crippen LogP contribution in [0.15, 0.2) is 60.2 Å². The lowest BCUT2D eigenvalue weighted by Gasteiger charge is -1.95. The number of halogens is 1. The Kier molecular flexibility index (Phi) is 3.37. The smallest absolute Gasteiger partial charge is 0.185 e. The Hall–Kier alpha value is -1.60. The Bertz CT molecular complexity index is 478. The zero-order chi connectivity index (χ0) is 11.4. The molecule has 80 valence electrons. The lowest BCUT2D eigenvalue weighted by atomic mass is 10.1. The SMILES string of the molecule is O=C(/C=C/C1=CCC=C1)c1ccc(Cl)cc1. The molecule has 0 aliphatic heterocycles. The fourth-order valence-electron chi connectivity index (χ4n) is 1.48. The van der Waals surface area contributed by atoms with E-state index < -0.39 is 0 Å². The highest BCUT2D eigenvalue weighted by Gasteiger charge is 2.01. The van der Waals surface area contributed by atoms with Crippen molar-refractivity contribution in [3.63, 3.8) is 0 Å². The van der Waals surface area contributed by atoms with Gasteiger partial charge in [-0.15, -0.1) is 0 Å². The van der Waals surface area contributed by atoms with Crippen LogP contribution in [-0.4, -0.2) is 5.78 Å². The molecule has 16 heavy (non-hydrogen) atoms. The quantitative estimate of drug-likeness (QED) is 0.567. The third-order valence-corrected chi connectivity index (χ3v) is 2.61. The van der Waals surface area contributed by atoms with Crippen LogP contribution in [-0.2, 0) is 0 Å². The van der Waals surface area contributed by atoms with Crippen LogP contribution in [0.3, 0.4) is 0 Å². The zero-order valence-corrected chi connectivity index (χ0v) is 9.45. The molecule has 0 unspecified atom stereocenters. The second-order valence-corrected chi connectivity index (χ2v) is 3.98. The van der Waals surface area contributed by atoms with E-state index in [1.807, 2.05) is 12.2 Å². The van der Waals surface area contributed by atoms with Crippen molar-refractivity contribution in [3.8, 4) is 0 Å². The van der Waals surface area contributed by atoms with Crippen molar-refractivity contribution < 1.29 is 4.79 Å². The van der Waals surface area contributed by atoms with E-state index >= 15 is 0 Å². The van der Waals surface area contributed by atoms with Gasteiger partial charge in [0, 0.05) is 10.6 Å². The topological polar surface area (TPSA) is 17.1 Å². The molecule has 0 saturated carbocycles. The Balaban J connectivity index is 2.08. The Morgan fingerprint density at radius 1 is 1.25 bits per heavy atom. The normalized spacial score (nSPS) is 14.4. The molecule has 1 aromatic carbocycles. The first-order valence-electron chi connectivity index (χ1n) is 5.10. The molecule has 2 rings (SSSR count). The van der Waals surface area contributed by atoms with Gasteiger partial charge in [0.15, 0.2) is 5.78 Å². The van der Waals surface area contributed by atoms with Crippen molar-refractivity contribution in [2.75, 3.05) is 0 Å². The van der Waals surface area contributed by atoms with Gasteiger partial charge in [0.05, 0.1) is 0 Å². The first-order valence-corrected chi connectivity index (χ1v) is 5.48. The molecule has 0 bridgehead atoms. The van der Waals surface area contributed by atoms with Gasteiger partial charge in [-0.2, -0.15) is 0 Å². The van der Waals surface area contributed by atoms with E-state index in [4.69, 9.17) is 11.6 Å². The number of hydrogen-bond acceptors (Lipinski definition) is 1. The van der Waals surface area contributed by atoms with E-state index in [-0.39, 0.29) is 5.78 Å². The molecular formula is C14H11ClO. The minimum atomic E-state index is -0.00198. The molecule has 1 nitrogen and oxygen atoms in total. The predicted molar refractivity (Wildman–Crippen MR) is 66.8 cm³/mol. The van der Waals surface area contributed by atoms with Crippen LogP contribution in [0.2, 0.25) is 5.02 Å². The van der Waals surface area contributed by atoms with E-state index in [2.05, 4.69) is 12.2 Å². The summed E-state index contributed by atoms with van der Waals surface area (Å²) in [6.45, 7) is 0. The van der Waals surface area contributed by atoms with Gasteiger partial charge in [-0.25, -0.2) is 0 Å². The number of ketones is 1. The standard InChI is InChI=1S/C14H11ClO/c15-13-8-6-12(7-9-13)14(16)10-5-11-3-1-2-4-11/h1,3-10H,2H2/b10-5+. The molecule has 0 saturated heterocycles. The van der Waals surface area contributed by atoms with Crippen LogP contribution >= 0.6 is 11.6 Å². The van der Waals surface area contributed by atoms with Crippen LogP contribution in [0.5, 0.6) is 0 Å². The van der Waals surface area contributed by atoms with Crippen LogP contribution in [0, 0.1) is 0 Å². The van der Waals surface area contributed by atoms with Crippen molar-refractivity contribution in [2.45, 2.75) is 6.42 Å². The highest BCUT2D eigenvalue weighted by molar-refractivity contribution is 6.30. The van der Waals surface area contributed by atoms with Gasteiger partial charge in [-0.1, -0.05) is 35.9 Å². The van der Waals surface area contributed by atoms with Crippen LogP contribution in [0.4, 0.5) is 0 Å². The maximum Gasteiger partial charge on any atom is 0.185 e. The van der Waals surface area contributed by atoms with E-state index in [1.54, 1.807) is 30.3 Å². The maximum absolute atomic E-state index is 11.7. The summed E-state index contributed by atoms with van der Waals surface area (Å²) in [5.41, 5.74) is 1.74. The number of carbonyl (C=O) groups is 1. The summed E-state index contributed by atoms with van der Waals surface area (Å²) >= 11 is 5.75. The number of rotatable bonds is 3. The first-order chi connectivity index (χ1) is 7.75. The number of hydrogen-bond donors (Lipinski definition) is 0. The first kappa shape index (κ1) is 10.9. The average Bonchev–Trinajstić information content (AvgIpc) is 2.80. The lowest BCUT2D eigenvalue weighted by molar-refractivity contribution is 0.104. The molecule has 0 spiro atoms. The van der Waals surface area contributed by atoms with Crippen LogP contribution in [0.25, 0.3) is 0 Å². The van der Waals surface area contributed by atoms with Crippen molar-refractivity contribution in [1.82, 2.24) is 0 Å². The Morgan fingerprint density at radius 3 is 2.62 bits per heavy atom. The number of benzene rings is 1. The molecule has 0 aromatic heterocycles. The van der Waals surface area contributed by atoms with Gasteiger partial charge in [-0.3, -0.25) is 4.79 Å². The minimum absolute atomic E-state index is 0.00198. The summed E-state index contributed by atoms with van der Waals surface area (Å²) < 4.78 is 0. The molecule has 1 aliphatic rings. The zero-order valence-electron chi connectivity index (χ0n) is 8.69. The summed E-state index contributed by atoms with van der Waals surface area (Å²) in [4.78, 5) is 11.7. The lowest BCUT2D eigenvalue weighted by Crippen LogP contribution is -1.93. The molecule has 0 atom stereocenters. The van der Waals surface area contributed by atoms with Crippen molar-refractivity contribution in [1.29, 1.82) is 0 Å². The number of carbonyl (C=O) groups excluding carboxylic acids is 1. The highest BCUT2D eigenvalue weighted by Crippen LogP contribution is 2.12. The van der Waals surface area contributed by atoms with Gasteiger partial charge >= 0.3 is 0 Å².